The van der Waals surface area contributed by atoms with E-state index in [-0.39, 0.29) is 12.5 Å². The topological polar surface area (TPSA) is 49.3 Å². The summed E-state index contributed by atoms with van der Waals surface area (Å²) in [4.78, 5) is 12.6. The van der Waals surface area contributed by atoms with Crippen LogP contribution in [0.2, 0.25) is 0 Å². The van der Waals surface area contributed by atoms with Gasteiger partial charge in [-0.1, -0.05) is 18.8 Å². The van der Waals surface area contributed by atoms with Crippen LogP contribution in [0.1, 0.15) is 23.8 Å². The van der Waals surface area contributed by atoms with E-state index < -0.39 is 0 Å². The van der Waals surface area contributed by atoms with Gasteiger partial charge in [0, 0.05) is 28.1 Å². The van der Waals surface area contributed by atoms with Crippen molar-refractivity contribution in [3.05, 3.63) is 21.9 Å². The summed E-state index contributed by atoms with van der Waals surface area (Å²) in [7, 11) is 0. The molecule has 0 unspecified atom stereocenters. The molecule has 0 radical (unpaired) electrons. The standard InChI is InChI=1S/C13H17NO2S2/c1-2-5-14-13(16)10-17-9-12-7-11(8-18-12)4-3-6-15/h7-8,15H,2,5-6,9-10H2,1H3,(H,14,16). The summed E-state index contributed by atoms with van der Waals surface area (Å²) in [6.07, 6.45) is 0.966. The fourth-order valence-corrected chi connectivity index (χ4v) is 3.02. The highest BCUT2D eigenvalue weighted by molar-refractivity contribution is 7.99. The normalized spacial score (nSPS) is 9.67. The van der Waals surface area contributed by atoms with Gasteiger partial charge in [0.15, 0.2) is 0 Å². The number of aliphatic hydroxyl groups is 1. The van der Waals surface area contributed by atoms with Crippen molar-refractivity contribution < 1.29 is 9.90 Å². The summed E-state index contributed by atoms with van der Waals surface area (Å²) in [5.74, 6) is 6.90. The molecule has 1 heterocycles. The van der Waals surface area contributed by atoms with E-state index >= 15 is 0 Å². The molecule has 18 heavy (non-hydrogen) atoms. The molecule has 0 saturated carbocycles. The molecule has 1 aromatic rings. The number of aliphatic hydroxyl groups excluding tert-OH is 1. The Labute approximate surface area is 116 Å². The Morgan fingerprint density at radius 1 is 1.61 bits per heavy atom. The van der Waals surface area contributed by atoms with Gasteiger partial charge in [-0.05, 0) is 12.5 Å². The number of nitrogens with one attached hydrogen (secondary N) is 1. The van der Waals surface area contributed by atoms with Crippen LogP contribution in [0.4, 0.5) is 0 Å². The predicted molar refractivity (Wildman–Crippen MR) is 77.7 cm³/mol. The largest absolute Gasteiger partial charge is 0.384 e. The highest BCUT2D eigenvalue weighted by atomic mass is 32.2. The fourth-order valence-electron chi connectivity index (χ4n) is 1.22. The van der Waals surface area contributed by atoms with Crippen molar-refractivity contribution in [1.82, 2.24) is 5.32 Å². The van der Waals surface area contributed by atoms with Crippen molar-refractivity contribution in [1.29, 1.82) is 0 Å². The SMILES string of the molecule is CCCNC(=O)CSCc1cc(C#CCO)cs1. The first kappa shape index (κ1) is 15.1. The Morgan fingerprint density at radius 2 is 2.44 bits per heavy atom. The van der Waals surface area contributed by atoms with Crippen molar-refractivity contribution in [3.8, 4) is 11.8 Å². The van der Waals surface area contributed by atoms with Crippen molar-refractivity contribution in [3.63, 3.8) is 0 Å². The molecule has 0 saturated heterocycles. The van der Waals surface area contributed by atoms with E-state index in [1.54, 1.807) is 23.1 Å². The molecule has 0 aliphatic carbocycles. The van der Waals surface area contributed by atoms with Gasteiger partial charge in [0.05, 0.1) is 5.75 Å². The Kier molecular flexibility index (Phi) is 7.58. The lowest BCUT2D eigenvalue weighted by atomic mass is 10.3. The maximum absolute atomic E-state index is 11.4. The molecule has 0 spiro atoms. The van der Waals surface area contributed by atoms with Gasteiger partial charge in [0.2, 0.25) is 5.91 Å². The van der Waals surface area contributed by atoms with Gasteiger partial charge in [0.1, 0.15) is 6.61 Å². The van der Waals surface area contributed by atoms with E-state index in [0.29, 0.717) is 5.75 Å². The maximum Gasteiger partial charge on any atom is 0.230 e. The van der Waals surface area contributed by atoms with Crippen LogP contribution in [0.25, 0.3) is 0 Å². The molecule has 0 fully saturated rings. The zero-order valence-corrected chi connectivity index (χ0v) is 12.0. The molecule has 0 bridgehead atoms. The van der Waals surface area contributed by atoms with E-state index in [4.69, 9.17) is 5.11 Å². The average Bonchev–Trinajstić information content (AvgIpc) is 2.82. The summed E-state index contributed by atoms with van der Waals surface area (Å²) < 4.78 is 0. The fraction of sp³-hybridized carbons (Fsp3) is 0.462. The molecule has 2 N–H and O–H groups in total. The van der Waals surface area contributed by atoms with Gasteiger partial charge in [-0.15, -0.1) is 23.1 Å². The first-order valence-corrected chi connectivity index (χ1v) is 7.81. The number of hydrogen-bond acceptors (Lipinski definition) is 4. The second-order valence-corrected chi connectivity index (χ2v) is 5.59. The first-order chi connectivity index (χ1) is 8.76. The van der Waals surface area contributed by atoms with Gasteiger partial charge in [0.25, 0.3) is 0 Å². The van der Waals surface area contributed by atoms with Crippen LogP contribution in [0.15, 0.2) is 11.4 Å². The molecule has 5 heteroatoms. The van der Waals surface area contributed by atoms with Crippen LogP contribution in [0, 0.1) is 11.8 Å². The minimum Gasteiger partial charge on any atom is -0.384 e. The quantitative estimate of drug-likeness (QED) is 0.783. The van der Waals surface area contributed by atoms with Gasteiger partial charge in [-0.2, -0.15) is 0 Å². The lowest BCUT2D eigenvalue weighted by Crippen LogP contribution is -2.25. The number of amides is 1. The molecule has 0 atom stereocenters. The van der Waals surface area contributed by atoms with Gasteiger partial charge < -0.3 is 10.4 Å². The minimum absolute atomic E-state index is 0.0960. The highest BCUT2D eigenvalue weighted by Gasteiger charge is 2.02. The number of carbonyl (C=O) groups excluding carboxylic acids is 1. The van der Waals surface area contributed by atoms with E-state index in [1.807, 2.05) is 18.4 Å². The van der Waals surface area contributed by atoms with Crippen molar-refractivity contribution in [2.45, 2.75) is 19.1 Å². The highest BCUT2D eigenvalue weighted by Crippen LogP contribution is 2.19. The monoisotopic (exact) mass is 283 g/mol. The average molecular weight is 283 g/mol. The zero-order valence-electron chi connectivity index (χ0n) is 10.4. The predicted octanol–water partition coefficient (Wildman–Crippen LogP) is 1.85. The molecule has 0 aliphatic rings. The van der Waals surface area contributed by atoms with E-state index in [0.717, 1.165) is 24.3 Å². The third-order valence-corrected chi connectivity index (χ3v) is 4.12. The van der Waals surface area contributed by atoms with Gasteiger partial charge in [-0.25, -0.2) is 0 Å². The summed E-state index contributed by atoms with van der Waals surface area (Å²) in [5, 5.41) is 13.4. The molecule has 1 aromatic heterocycles. The molecule has 0 aromatic carbocycles. The molecule has 98 valence electrons. The molecular formula is C13H17NO2S2. The first-order valence-electron chi connectivity index (χ1n) is 5.77. The smallest absolute Gasteiger partial charge is 0.230 e. The summed E-state index contributed by atoms with van der Waals surface area (Å²) in [5.41, 5.74) is 0.931. The molecule has 0 aliphatic heterocycles. The Hall–Kier alpha value is -0.960. The minimum atomic E-state index is -0.114. The molecule has 3 nitrogen and oxygen atoms in total. The summed E-state index contributed by atoms with van der Waals surface area (Å²) >= 11 is 3.24. The van der Waals surface area contributed by atoms with Crippen LogP contribution in [0.5, 0.6) is 0 Å². The van der Waals surface area contributed by atoms with E-state index in [1.165, 1.54) is 4.88 Å². The molecular weight excluding hydrogens is 266 g/mol. The van der Waals surface area contributed by atoms with E-state index in [2.05, 4.69) is 17.2 Å². The van der Waals surface area contributed by atoms with Gasteiger partial charge in [-0.3, -0.25) is 4.79 Å². The number of hydrogen-bond donors (Lipinski definition) is 2. The molecule has 1 rings (SSSR count). The number of rotatable bonds is 6. The number of carbonyl (C=O) groups is 1. The second kappa shape index (κ2) is 9.03. The lowest BCUT2D eigenvalue weighted by molar-refractivity contribution is -0.118. The Bertz CT molecular complexity index is 432. The maximum atomic E-state index is 11.4. The number of thiophene rings is 1. The van der Waals surface area contributed by atoms with Crippen LogP contribution in [-0.2, 0) is 10.5 Å². The van der Waals surface area contributed by atoms with Crippen LogP contribution in [-0.4, -0.2) is 29.9 Å². The van der Waals surface area contributed by atoms with Crippen molar-refractivity contribution in [2.75, 3.05) is 18.9 Å². The van der Waals surface area contributed by atoms with Crippen LogP contribution >= 0.6 is 23.1 Å². The van der Waals surface area contributed by atoms with Crippen LogP contribution < -0.4 is 5.32 Å². The third-order valence-electron chi connectivity index (χ3n) is 2.02. The van der Waals surface area contributed by atoms with Crippen molar-refractivity contribution >= 4 is 29.0 Å². The Balaban J connectivity index is 2.27. The zero-order chi connectivity index (χ0) is 13.2. The summed E-state index contributed by atoms with van der Waals surface area (Å²) in [6, 6.07) is 2.00. The summed E-state index contributed by atoms with van der Waals surface area (Å²) in [6.45, 7) is 2.67. The van der Waals surface area contributed by atoms with Gasteiger partial charge >= 0.3 is 0 Å². The van der Waals surface area contributed by atoms with E-state index in [9.17, 15) is 4.79 Å². The number of thioether (sulfide) groups is 1. The molecule has 1 amide bonds. The van der Waals surface area contributed by atoms with Crippen molar-refractivity contribution in [2.24, 2.45) is 0 Å². The lowest BCUT2D eigenvalue weighted by Gasteiger charge is -2.02. The third kappa shape index (κ3) is 6.10. The van der Waals surface area contributed by atoms with Crippen LogP contribution in [0.3, 0.4) is 0 Å². The Morgan fingerprint density at radius 3 is 3.17 bits per heavy atom. The second-order valence-electron chi connectivity index (χ2n) is 3.60.